The molecule has 0 radical (unpaired) electrons. The molecule has 1 aliphatic rings. The van der Waals surface area contributed by atoms with Gasteiger partial charge in [0.15, 0.2) is 0 Å². The molecule has 1 unspecified atom stereocenters. The number of hydrogen-bond donors (Lipinski definition) is 2. The lowest BCUT2D eigenvalue weighted by Crippen LogP contribution is -2.42. The third-order valence-electron chi connectivity index (χ3n) is 4.95. The minimum Gasteiger partial charge on any atom is -0.343 e. The van der Waals surface area contributed by atoms with Crippen LogP contribution in [0.5, 0.6) is 0 Å². The van der Waals surface area contributed by atoms with Crippen LogP contribution in [0.3, 0.4) is 0 Å². The number of likely N-dealkylation sites (tertiary alicyclic amines) is 1. The van der Waals surface area contributed by atoms with Crippen molar-refractivity contribution >= 4 is 17.5 Å². The average molecular weight is 369 g/mol. The van der Waals surface area contributed by atoms with Crippen molar-refractivity contribution in [1.29, 1.82) is 0 Å². The number of carbonyl (C=O) groups is 2. The Kier molecular flexibility index (Phi) is 6.19. The van der Waals surface area contributed by atoms with Crippen LogP contribution in [0.15, 0.2) is 54.6 Å². The molecule has 1 fully saturated rings. The van der Waals surface area contributed by atoms with Crippen LogP contribution in [-0.4, -0.2) is 29.8 Å². The standard InChI is InChI=1S/C21H24FN3O2/c22-17-6-8-18(9-7-17)24-21(27)16-10-12-25(13-11-16)20(26)14-19(23)15-4-2-1-3-5-15/h1-9,16,19H,10-14,23H2,(H,24,27). The van der Waals surface area contributed by atoms with E-state index in [4.69, 9.17) is 5.73 Å². The smallest absolute Gasteiger partial charge is 0.227 e. The molecule has 0 aromatic heterocycles. The normalized spacial score (nSPS) is 16.0. The minimum atomic E-state index is -0.339. The topological polar surface area (TPSA) is 75.4 Å². The summed E-state index contributed by atoms with van der Waals surface area (Å²) < 4.78 is 12.9. The molecule has 1 aliphatic heterocycles. The number of nitrogens with two attached hydrogens (primary N) is 1. The first-order valence-electron chi connectivity index (χ1n) is 9.17. The van der Waals surface area contributed by atoms with E-state index in [0.717, 1.165) is 5.56 Å². The van der Waals surface area contributed by atoms with Crippen molar-refractivity contribution in [3.05, 3.63) is 66.0 Å². The molecule has 3 N–H and O–H groups in total. The maximum Gasteiger partial charge on any atom is 0.227 e. The largest absolute Gasteiger partial charge is 0.343 e. The lowest BCUT2D eigenvalue weighted by atomic mass is 9.95. The van der Waals surface area contributed by atoms with Gasteiger partial charge in [-0.25, -0.2) is 4.39 Å². The molecule has 2 amide bonds. The van der Waals surface area contributed by atoms with Crippen LogP contribution in [-0.2, 0) is 9.59 Å². The number of rotatable bonds is 5. The summed E-state index contributed by atoms with van der Waals surface area (Å²) in [4.78, 5) is 26.6. The zero-order valence-corrected chi connectivity index (χ0v) is 15.1. The second-order valence-corrected chi connectivity index (χ2v) is 6.87. The van der Waals surface area contributed by atoms with Gasteiger partial charge in [-0.1, -0.05) is 30.3 Å². The van der Waals surface area contributed by atoms with Crippen LogP contribution < -0.4 is 11.1 Å². The molecule has 1 saturated heterocycles. The summed E-state index contributed by atoms with van der Waals surface area (Å²) in [5.74, 6) is -0.561. The molecule has 6 heteroatoms. The molecule has 0 spiro atoms. The Balaban J connectivity index is 1.47. The Bertz CT molecular complexity index is 772. The molecule has 1 atom stereocenters. The van der Waals surface area contributed by atoms with Gasteiger partial charge in [0, 0.05) is 37.2 Å². The van der Waals surface area contributed by atoms with Gasteiger partial charge in [0.25, 0.3) is 0 Å². The van der Waals surface area contributed by atoms with E-state index < -0.39 is 0 Å². The zero-order valence-electron chi connectivity index (χ0n) is 15.1. The van der Waals surface area contributed by atoms with E-state index in [1.165, 1.54) is 24.3 Å². The monoisotopic (exact) mass is 369 g/mol. The van der Waals surface area contributed by atoms with E-state index in [0.29, 0.717) is 31.6 Å². The predicted molar refractivity (Wildman–Crippen MR) is 102 cm³/mol. The van der Waals surface area contributed by atoms with E-state index in [2.05, 4.69) is 5.32 Å². The second-order valence-electron chi connectivity index (χ2n) is 6.87. The van der Waals surface area contributed by atoms with Gasteiger partial charge in [-0.05, 0) is 42.7 Å². The highest BCUT2D eigenvalue weighted by atomic mass is 19.1. The van der Waals surface area contributed by atoms with Crippen molar-refractivity contribution in [2.75, 3.05) is 18.4 Å². The molecule has 5 nitrogen and oxygen atoms in total. The van der Waals surface area contributed by atoms with Crippen molar-refractivity contribution in [3.63, 3.8) is 0 Å². The molecule has 27 heavy (non-hydrogen) atoms. The Labute approximate surface area is 158 Å². The maximum atomic E-state index is 12.9. The molecule has 2 aromatic rings. The molecule has 1 heterocycles. The summed E-state index contributed by atoms with van der Waals surface area (Å²) in [6.45, 7) is 1.09. The molecular weight excluding hydrogens is 345 g/mol. The van der Waals surface area contributed by atoms with Crippen molar-refractivity contribution in [1.82, 2.24) is 4.90 Å². The Hall–Kier alpha value is -2.73. The first-order chi connectivity index (χ1) is 13.0. The number of halogens is 1. The van der Waals surface area contributed by atoms with Crippen molar-refractivity contribution in [3.8, 4) is 0 Å². The molecule has 0 bridgehead atoms. The Morgan fingerprint density at radius 2 is 1.70 bits per heavy atom. The molecule has 142 valence electrons. The van der Waals surface area contributed by atoms with E-state index in [-0.39, 0.29) is 36.0 Å². The number of anilines is 1. The number of hydrogen-bond acceptors (Lipinski definition) is 3. The van der Waals surface area contributed by atoms with Gasteiger partial charge in [-0.15, -0.1) is 0 Å². The minimum absolute atomic E-state index is 0.0174. The third-order valence-corrected chi connectivity index (χ3v) is 4.95. The molecule has 2 aromatic carbocycles. The summed E-state index contributed by atoms with van der Waals surface area (Å²) in [5, 5.41) is 2.81. The zero-order chi connectivity index (χ0) is 19.2. The molecular formula is C21H24FN3O2. The van der Waals surface area contributed by atoms with E-state index in [9.17, 15) is 14.0 Å². The van der Waals surface area contributed by atoms with Crippen molar-refractivity contribution in [2.24, 2.45) is 11.7 Å². The van der Waals surface area contributed by atoms with Crippen molar-refractivity contribution < 1.29 is 14.0 Å². The predicted octanol–water partition coefficient (Wildman–Crippen LogP) is 3.09. The first kappa shape index (κ1) is 19.0. The molecule has 0 aliphatic carbocycles. The van der Waals surface area contributed by atoms with E-state index in [1.807, 2.05) is 30.3 Å². The highest BCUT2D eigenvalue weighted by Crippen LogP contribution is 2.22. The van der Waals surface area contributed by atoms with Gasteiger partial charge in [0.1, 0.15) is 5.82 Å². The van der Waals surface area contributed by atoms with E-state index in [1.54, 1.807) is 4.90 Å². The second kappa shape index (κ2) is 8.77. The van der Waals surface area contributed by atoms with Gasteiger partial charge in [0.05, 0.1) is 0 Å². The number of nitrogens with zero attached hydrogens (tertiary/aromatic N) is 1. The fourth-order valence-corrected chi connectivity index (χ4v) is 3.30. The third kappa shape index (κ3) is 5.14. The van der Waals surface area contributed by atoms with Gasteiger partial charge in [0.2, 0.25) is 11.8 Å². The lowest BCUT2D eigenvalue weighted by molar-refractivity contribution is -0.134. The SMILES string of the molecule is NC(CC(=O)N1CCC(C(=O)Nc2ccc(F)cc2)CC1)c1ccccc1. The number of carbonyl (C=O) groups excluding carboxylic acids is 2. The fraction of sp³-hybridized carbons (Fsp3) is 0.333. The van der Waals surface area contributed by atoms with Crippen LogP contribution in [0.2, 0.25) is 0 Å². The summed E-state index contributed by atoms with van der Waals surface area (Å²) in [6, 6.07) is 15.0. The number of amides is 2. The Morgan fingerprint density at radius 3 is 2.33 bits per heavy atom. The highest BCUT2D eigenvalue weighted by molar-refractivity contribution is 5.92. The summed E-state index contributed by atoms with van der Waals surface area (Å²) >= 11 is 0. The van der Waals surface area contributed by atoms with Crippen LogP contribution >= 0.6 is 0 Å². The van der Waals surface area contributed by atoms with Crippen LogP contribution in [0.25, 0.3) is 0 Å². The van der Waals surface area contributed by atoms with Gasteiger partial charge >= 0.3 is 0 Å². The van der Waals surface area contributed by atoms with E-state index >= 15 is 0 Å². The average Bonchev–Trinajstić information content (AvgIpc) is 2.70. The summed E-state index contributed by atoms with van der Waals surface area (Å²) in [7, 11) is 0. The van der Waals surface area contributed by atoms with Crippen LogP contribution in [0, 0.1) is 11.7 Å². The number of benzene rings is 2. The van der Waals surface area contributed by atoms with Gasteiger partial charge < -0.3 is 16.0 Å². The lowest BCUT2D eigenvalue weighted by Gasteiger charge is -2.32. The Morgan fingerprint density at radius 1 is 1.07 bits per heavy atom. The quantitative estimate of drug-likeness (QED) is 0.850. The molecule has 3 rings (SSSR count). The van der Waals surface area contributed by atoms with Gasteiger partial charge in [-0.2, -0.15) is 0 Å². The van der Waals surface area contributed by atoms with Crippen LogP contribution in [0.4, 0.5) is 10.1 Å². The maximum absolute atomic E-state index is 12.9. The highest BCUT2D eigenvalue weighted by Gasteiger charge is 2.28. The van der Waals surface area contributed by atoms with Crippen molar-refractivity contribution in [2.45, 2.75) is 25.3 Å². The number of piperidine rings is 1. The molecule has 0 saturated carbocycles. The van der Waals surface area contributed by atoms with Crippen LogP contribution in [0.1, 0.15) is 30.9 Å². The van der Waals surface area contributed by atoms with Gasteiger partial charge in [-0.3, -0.25) is 9.59 Å². The first-order valence-corrected chi connectivity index (χ1v) is 9.17. The number of nitrogens with one attached hydrogen (secondary N) is 1. The summed E-state index contributed by atoms with van der Waals surface area (Å²) in [6.07, 6.45) is 1.48. The summed E-state index contributed by atoms with van der Waals surface area (Å²) in [5.41, 5.74) is 7.66. The fourth-order valence-electron chi connectivity index (χ4n) is 3.30.